The van der Waals surface area contributed by atoms with E-state index in [0.717, 1.165) is 19.3 Å². The minimum atomic E-state index is -0.332. The predicted octanol–water partition coefficient (Wildman–Crippen LogP) is 3.70. The summed E-state index contributed by atoms with van der Waals surface area (Å²) < 4.78 is 5.61. The smallest absolute Gasteiger partial charge is 0.0703 e. The second-order valence-corrected chi connectivity index (χ2v) is 5.94. The molecule has 2 aromatic rings. The number of aliphatic hydroxyl groups is 1. The van der Waals surface area contributed by atoms with Crippen molar-refractivity contribution in [2.45, 2.75) is 43.8 Å². The molecule has 0 radical (unpaired) electrons. The van der Waals surface area contributed by atoms with Crippen LogP contribution in [0.5, 0.6) is 0 Å². The van der Waals surface area contributed by atoms with Crippen LogP contribution in [-0.4, -0.2) is 23.9 Å². The molecular weight excluding hydrogens is 248 g/mol. The Morgan fingerprint density at radius 1 is 1.15 bits per heavy atom. The minimum absolute atomic E-state index is 0.0655. The molecule has 2 nitrogen and oxygen atoms in total. The molecule has 2 aromatic carbocycles. The lowest BCUT2D eigenvalue weighted by Crippen LogP contribution is -2.42. The van der Waals surface area contributed by atoms with E-state index in [4.69, 9.17) is 4.74 Å². The topological polar surface area (TPSA) is 29.5 Å². The van der Waals surface area contributed by atoms with E-state index in [1.54, 1.807) is 7.11 Å². The number of benzene rings is 2. The zero-order valence-corrected chi connectivity index (χ0v) is 12.0. The second kappa shape index (κ2) is 5.55. The monoisotopic (exact) mass is 270 g/mol. The van der Waals surface area contributed by atoms with Crippen molar-refractivity contribution in [2.75, 3.05) is 7.11 Å². The van der Waals surface area contributed by atoms with Crippen LogP contribution in [0.4, 0.5) is 0 Å². The van der Waals surface area contributed by atoms with Crippen LogP contribution in [0.25, 0.3) is 10.8 Å². The Morgan fingerprint density at radius 2 is 1.90 bits per heavy atom. The third kappa shape index (κ3) is 2.58. The normalized spacial score (nSPS) is 18.7. The van der Waals surface area contributed by atoms with Gasteiger partial charge in [-0.3, -0.25) is 0 Å². The Bertz CT molecular complexity index is 576. The number of hydrogen-bond donors (Lipinski definition) is 1. The Hall–Kier alpha value is -1.38. The van der Waals surface area contributed by atoms with Gasteiger partial charge in [-0.2, -0.15) is 0 Å². The maximum absolute atomic E-state index is 10.4. The molecule has 1 atom stereocenters. The van der Waals surface area contributed by atoms with Crippen molar-refractivity contribution in [1.29, 1.82) is 0 Å². The van der Waals surface area contributed by atoms with E-state index in [9.17, 15) is 5.11 Å². The van der Waals surface area contributed by atoms with Crippen LogP contribution in [0.3, 0.4) is 0 Å². The first-order valence-corrected chi connectivity index (χ1v) is 7.42. The number of aliphatic hydroxyl groups excluding tert-OH is 1. The summed E-state index contributed by atoms with van der Waals surface area (Å²) in [7, 11) is 1.77. The molecule has 20 heavy (non-hydrogen) atoms. The van der Waals surface area contributed by atoms with Gasteiger partial charge in [-0.25, -0.2) is 0 Å². The van der Waals surface area contributed by atoms with E-state index in [2.05, 4.69) is 42.5 Å². The number of fused-ring (bicyclic) bond motifs is 1. The molecule has 0 bridgehead atoms. The summed E-state index contributed by atoms with van der Waals surface area (Å²) in [6.45, 7) is 0. The molecule has 1 aliphatic rings. The van der Waals surface area contributed by atoms with Crippen molar-refractivity contribution < 1.29 is 9.84 Å². The first-order valence-electron chi connectivity index (χ1n) is 7.42. The van der Waals surface area contributed by atoms with Crippen LogP contribution in [0, 0.1) is 0 Å². The predicted molar refractivity (Wildman–Crippen MR) is 81.9 cm³/mol. The summed E-state index contributed by atoms with van der Waals surface area (Å²) in [6.07, 6.45) is 4.49. The van der Waals surface area contributed by atoms with Crippen LogP contribution in [0.1, 0.15) is 31.2 Å². The molecule has 2 heteroatoms. The van der Waals surface area contributed by atoms with E-state index in [-0.39, 0.29) is 11.7 Å². The fourth-order valence-electron chi connectivity index (χ4n) is 3.29. The first kappa shape index (κ1) is 13.6. The van der Waals surface area contributed by atoms with Gasteiger partial charge < -0.3 is 9.84 Å². The fraction of sp³-hybridized carbons (Fsp3) is 0.444. The molecule has 0 heterocycles. The van der Waals surface area contributed by atoms with Gasteiger partial charge in [0.1, 0.15) is 0 Å². The van der Waals surface area contributed by atoms with E-state index < -0.39 is 0 Å². The number of rotatable bonds is 5. The lowest BCUT2D eigenvalue weighted by atomic mass is 9.75. The molecule has 0 aliphatic heterocycles. The van der Waals surface area contributed by atoms with Gasteiger partial charge in [0.2, 0.25) is 0 Å². The van der Waals surface area contributed by atoms with Gasteiger partial charge in [-0.1, -0.05) is 42.5 Å². The molecule has 0 aromatic heterocycles. The maximum atomic E-state index is 10.4. The van der Waals surface area contributed by atoms with Crippen molar-refractivity contribution in [3.05, 3.63) is 48.0 Å². The van der Waals surface area contributed by atoms with E-state index in [1.807, 2.05) is 0 Å². The molecule has 3 rings (SSSR count). The second-order valence-electron chi connectivity index (χ2n) is 5.94. The molecule has 0 spiro atoms. The van der Waals surface area contributed by atoms with Gasteiger partial charge in [0, 0.05) is 13.5 Å². The summed E-state index contributed by atoms with van der Waals surface area (Å²) in [6, 6.07) is 14.7. The first-order chi connectivity index (χ1) is 9.72. The zero-order chi connectivity index (χ0) is 14.0. The Balaban J connectivity index is 1.76. The van der Waals surface area contributed by atoms with E-state index >= 15 is 0 Å². The van der Waals surface area contributed by atoms with Crippen LogP contribution in [0.2, 0.25) is 0 Å². The highest BCUT2D eigenvalue weighted by atomic mass is 16.5. The molecule has 0 amide bonds. The SMILES string of the molecule is COC1(CC(O)Cc2cccc3ccccc23)CCC1. The van der Waals surface area contributed by atoms with Crippen molar-refractivity contribution in [3.8, 4) is 0 Å². The van der Waals surface area contributed by atoms with Crippen molar-refractivity contribution in [3.63, 3.8) is 0 Å². The fourth-order valence-corrected chi connectivity index (χ4v) is 3.29. The maximum Gasteiger partial charge on any atom is 0.0703 e. The van der Waals surface area contributed by atoms with Crippen molar-refractivity contribution >= 4 is 10.8 Å². The molecule has 1 aliphatic carbocycles. The summed E-state index contributed by atoms with van der Waals surface area (Å²) in [5.41, 5.74) is 1.16. The zero-order valence-electron chi connectivity index (χ0n) is 12.0. The number of hydrogen-bond acceptors (Lipinski definition) is 2. The lowest BCUT2D eigenvalue weighted by molar-refractivity contribution is -0.0988. The van der Waals surface area contributed by atoms with Gasteiger partial charge in [-0.05, 0) is 42.0 Å². The highest BCUT2D eigenvalue weighted by molar-refractivity contribution is 5.85. The van der Waals surface area contributed by atoms with E-state index in [1.165, 1.54) is 22.8 Å². The van der Waals surface area contributed by atoms with Gasteiger partial charge in [-0.15, -0.1) is 0 Å². The number of methoxy groups -OCH3 is 1. The average molecular weight is 270 g/mol. The average Bonchev–Trinajstić information content (AvgIpc) is 2.43. The molecule has 1 unspecified atom stereocenters. The molecule has 1 N–H and O–H groups in total. The highest BCUT2D eigenvalue weighted by Gasteiger charge is 2.38. The largest absolute Gasteiger partial charge is 0.393 e. The third-order valence-corrected chi connectivity index (χ3v) is 4.64. The Labute approximate surface area is 120 Å². The molecule has 0 saturated heterocycles. The summed E-state index contributed by atoms with van der Waals surface area (Å²) in [5, 5.41) is 12.9. The molecule has 1 saturated carbocycles. The Kier molecular flexibility index (Phi) is 3.77. The minimum Gasteiger partial charge on any atom is -0.393 e. The van der Waals surface area contributed by atoms with Gasteiger partial charge in [0.15, 0.2) is 0 Å². The van der Waals surface area contributed by atoms with Crippen molar-refractivity contribution in [1.82, 2.24) is 0 Å². The Morgan fingerprint density at radius 3 is 2.60 bits per heavy atom. The lowest BCUT2D eigenvalue weighted by Gasteiger charge is -2.41. The van der Waals surface area contributed by atoms with Crippen molar-refractivity contribution in [2.24, 2.45) is 0 Å². The van der Waals surface area contributed by atoms with Gasteiger partial charge >= 0.3 is 0 Å². The summed E-state index contributed by atoms with van der Waals surface area (Å²) in [5.74, 6) is 0. The standard InChI is InChI=1S/C18H22O2/c1-20-18(10-5-11-18)13-16(19)12-15-8-4-7-14-6-2-3-9-17(14)15/h2-4,6-9,16,19H,5,10-13H2,1H3. The molecule has 1 fully saturated rings. The third-order valence-electron chi connectivity index (χ3n) is 4.64. The van der Waals surface area contributed by atoms with Gasteiger partial charge in [0.05, 0.1) is 11.7 Å². The quantitative estimate of drug-likeness (QED) is 0.897. The van der Waals surface area contributed by atoms with Crippen LogP contribution < -0.4 is 0 Å². The van der Waals surface area contributed by atoms with Crippen LogP contribution in [0.15, 0.2) is 42.5 Å². The number of ether oxygens (including phenoxy) is 1. The summed E-state index contributed by atoms with van der Waals surface area (Å²) in [4.78, 5) is 0. The summed E-state index contributed by atoms with van der Waals surface area (Å²) >= 11 is 0. The van der Waals surface area contributed by atoms with Crippen LogP contribution in [-0.2, 0) is 11.2 Å². The van der Waals surface area contributed by atoms with Gasteiger partial charge in [0.25, 0.3) is 0 Å². The van der Waals surface area contributed by atoms with Crippen LogP contribution >= 0.6 is 0 Å². The highest BCUT2D eigenvalue weighted by Crippen LogP contribution is 2.39. The van der Waals surface area contributed by atoms with E-state index in [0.29, 0.717) is 6.42 Å². The molecular formula is C18H22O2. The molecule has 106 valence electrons.